The lowest BCUT2D eigenvalue weighted by Gasteiger charge is -2.30. The van der Waals surface area contributed by atoms with Gasteiger partial charge < -0.3 is 10.6 Å². The number of H-pyrrole nitrogens is 1. The molecule has 2 aromatic carbocycles. The average Bonchev–Trinajstić information content (AvgIpc) is 3.30. The third-order valence-electron chi connectivity index (χ3n) is 7.54. The normalized spacial score (nSPS) is 20.1. The monoisotopic (exact) mass is 545 g/mol. The maximum Gasteiger partial charge on any atom is 0.416 e. The van der Waals surface area contributed by atoms with Gasteiger partial charge in [0.1, 0.15) is 0 Å². The third kappa shape index (κ3) is 6.32. The smallest absolute Gasteiger partial charge is 0.368 e. The van der Waals surface area contributed by atoms with E-state index in [0.29, 0.717) is 5.92 Å². The van der Waals surface area contributed by atoms with E-state index < -0.39 is 17.6 Å². The minimum atomic E-state index is -4.53. The van der Waals surface area contributed by atoms with Gasteiger partial charge in [0.15, 0.2) is 5.82 Å². The number of aromatic amines is 1. The molecule has 10 heteroatoms. The minimum absolute atomic E-state index is 0.0121. The Kier molecular flexibility index (Phi) is 7.95. The van der Waals surface area contributed by atoms with Crippen molar-refractivity contribution < 1.29 is 18.0 Å². The summed E-state index contributed by atoms with van der Waals surface area (Å²) in [7, 11) is 0. The molecule has 1 aliphatic carbocycles. The van der Waals surface area contributed by atoms with Crippen molar-refractivity contribution in [2.75, 3.05) is 18.4 Å². The largest absolute Gasteiger partial charge is 0.416 e. The highest BCUT2D eigenvalue weighted by Gasteiger charge is 2.32. The van der Waals surface area contributed by atoms with Gasteiger partial charge in [-0.1, -0.05) is 41.9 Å². The molecule has 1 amide bonds. The van der Waals surface area contributed by atoms with Gasteiger partial charge in [0, 0.05) is 49.9 Å². The number of nitrogens with zero attached hydrogens (tertiary/aromatic N) is 2. The van der Waals surface area contributed by atoms with Crippen LogP contribution >= 0.6 is 11.6 Å². The highest BCUT2D eigenvalue weighted by molar-refractivity contribution is 6.33. The molecule has 1 fully saturated rings. The first-order valence-electron chi connectivity index (χ1n) is 13.0. The molecule has 202 valence electrons. The maximum atomic E-state index is 13.1. The Morgan fingerprint density at radius 3 is 2.61 bits per heavy atom. The number of benzene rings is 2. The molecule has 0 bridgehead atoms. The number of carbonyl (C=O) groups is 1. The number of fused-ring (bicyclic) bond motifs is 1. The van der Waals surface area contributed by atoms with Crippen LogP contribution in [0.5, 0.6) is 0 Å². The van der Waals surface area contributed by atoms with Crippen LogP contribution in [0.15, 0.2) is 48.5 Å². The highest BCUT2D eigenvalue weighted by atomic mass is 35.5. The van der Waals surface area contributed by atoms with Crippen LogP contribution in [0.1, 0.15) is 58.4 Å². The highest BCUT2D eigenvalue weighted by Crippen LogP contribution is 2.32. The van der Waals surface area contributed by atoms with E-state index in [1.54, 1.807) is 0 Å². The molecule has 3 N–H and O–H groups in total. The number of aromatic nitrogens is 2. The molecule has 6 nitrogen and oxygen atoms in total. The second-order valence-electron chi connectivity index (χ2n) is 10.2. The van der Waals surface area contributed by atoms with E-state index in [0.717, 1.165) is 82.3 Å². The first-order chi connectivity index (χ1) is 18.3. The summed E-state index contributed by atoms with van der Waals surface area (Å²) in [6.07, 6.45) is -0.256. The number of halogens is 4. The van der Waals surface area contributed by atoms with Crippen molar-refractivity contribution in [2.45, 2.75) is 57.4 Å². The van der Waals surface area contributed by atoms with Crippen molar-refractivity contribution in [1.82, 2.24) is 20.4 Å². The number of carbonyl (C=O) groups excluding carboxylic acids is 1. The van der Waals surface area contributed by atoms with Crippen molar-refractivity contribution in [3.63, 3.8) is 0 Å². The van der Waals surface area contributed by atoms with Crippen molar-refractivity contribution in [3.8, 4) is 0 Å². The molecule has 1 aliphatic heterocycles. The van der Waals surface area contributed by atoms with Gasteiger partial charge in [0.2, 0.25) is 0 Å². The van der Waals surface area contributed by atoms with E-state index in [1.165, 1.54) is 16.8 Å². The van der Waals surface area contributed by atoms with Crippen molar-refractivity contribution >= 4 is 23.3 Å². The van der Waals surface area contributed by atoms with Gasteiger partial charge in [-0.05, 0) is 55.4 Å². The second kappa shape index (κ2) is 11.4. The molecular weight excluding hydrogens is 515 g/mol. The molecule has 3 aromatic rings. The van der Waals surface area contributed by atoms with Gasteiger partial charge >= 0.3 is 6.18 Å². The Morgan fingerprint density at radius 2 is 1.87 bits per heavy atom. The van der Waals surface area contributed by atoms with Gasteiger partial charge in [0.05, 0.1) is 16.1 Å². The predicted molar refractivity (Wildman–Crippen MR) is 141 cm³/mol. The summed E-state index contributed by atoms with van der Waals surface area (Å²) in [5, 5.41) is 14.1. The number of rotatable bonds is 7. The number of alkyl halides is 3. The summed E-state index contributed by atoms with van der Waals surface area (Å²) >= 11 is 6.02. The van der Waals surface area contributed by atoms with Gasteiger partial charge in [-0.25, -0.2) is 0 Å². The first kappa shape index (κ1) is 26.6. The molecule has 5 rings (SSSR count). The fourth-order valence-corrected chi connectivity index (χ4v) is 5.57. The number of hydrogen-bond donors (Lipinski definition) is 3. The lowest BCUT2D eigenvalue weighted by atomic mass is 9.86. The number of amides is 1. The zero-order valence-corrected chi connectivity index (χ0v) is 21.7. The number of nitrogens with one attached hydrogen (secondary N) is 3. The topological polar surface area (TPSA) is 73.0 Å². The molecule has 2 aliphatic rings. The Morgan fingerprint density at radius 1 is 1.11 bits per heavy atom. The standard InChI is InChI=1S/C28H31ClF3N5O/c29-24-11-8-20(28(30,31)32)14-22(24)27(38)34-21-9-6-18(7-10-21)15-33-26-23-17-37(13-12-25(23)35-36-26)16-19-4-2-1-3-5-19/h1-5,8,11,14,18,21H,6-7,9-10,12-13,15-17H2,(H,34,38)(H2,33,35,36). The predicted octanol–water partition coefficient (Wildman–Crippen LogP) is 6.04. The summed E-state index contributed by atoms with van der Waals surface area (Å²) < 4.78 is 39.2. The molecule has 0 spiro atoms. The van der Waals surface area contributed by atoms with Crippen LogP contribution in [-0.2, 0) is 25.7 Å². The first-order valence-corrected chi connectivity index (χ1v) is 13.4. The van der Waals surface area contributed by atoms with E-state index in [1.807, 2.05) is 6.07 Å². The summed E-state index contributed by atoms with van der Waals surface area (Å²) in [6, 6.07) is 13.2. The van der Waals surface area contributed by atoms with E-state index >= 15 is 0 Å². The molecule has 1 saturated carbocycles. The molecule has 0 saturated heterocycles. The lowest BCUT2D eigenvalue weighted by molar-refractivity contribution is -0.137. The van der Waals surface area contributed by atoms with Gasteiger partial charge in [-0.15, -0.1) is 0 Å². The molecule has 2 heterocycles. The molecule has 1 aromatic heterocycles. The zero-order chi connectivity index (χ0) is 26.7. The SMILES string of the molecule is O=C(NC1CCC(CNc2n[nH]c3c2CN(Cc2ccccc2)CC3)CC1)c1cc(C(F)(F)F)ccc1Cl. The molecular formula is C28H31ClF3N5O. The minimum Gasteiger partial charge on any atom is -0.368 e. The van der Waals surface area contributed by atoms with Gasteiger partial charge in [0.25, 0.3) is 5.91 Å². The Labute approximate surface area is 224 Å². The Bertz CT molecular complexity index is 1260. The maximum absolute atomic E-state index is 13.1. The fourth-order valence-electron chi connectivity index (χ4n) is 5.36. The number of hydrogen-bond acceptors (Lipinski definition) is 4. The van der Waals surface area contributed by atoms with Crippen LogP contribution in [0.4, 0.5) is 19.0 Å². The van der Waals surface area contributed by atoms with Crippen molar-refractivity contribution in [3.05, 3.63) is 81.5 Å². The summed E-state index contributed by atoms with van der Waals surface area (Å²) in [4.78, 5) is 15.1. The van der Waals surface area contributed by atoms with Crippen LogP contribution in [0, 0.1) is 5.92 Å². The van der Waals surface area contributed by atoms with Crippen molar-refractivity contribution in [1.29, 1.82) is 0 Å². The van der Waals surface area contributed by atoms with Crippen LogP contribution in [0.3, 0.4) is 0 Å². The van der Waals surface area contributed by atoms with E-state index in [-0.39, 0.29) is 16.6 Å². The van der Waals surface area contributed by atoms with Gasteiger partial charge in [-0.2, -0.15) is 18.3 Å². The van der Waals surface area contributed by atoms with E-state index in [4.69, 9.17) is 11.6 Å². The molecule has 0 radical (unpaired) electrons. The molecule has 0 unspecified atom stereocenters. The Hall–Kier alpha value is -3.04. The quantitative estimate of drug-likeness (QED) is 0.338. The van der Waals surface area contributed by atoms with Crippen molar-refractivity contribution in [2.24, 2.45) is 5.92 Å². The molecule has 0 atom stereocenters. The summed E-state index contributed by atoms with van der Waals surface area (Å²) in [5.41, 5.74) is 2.69. The van der Waals surface area contributed by atoms with Gasteiger partial charge in [-0.3, -0.25) is 14.8 Å². The van der Waals surface area contributed by atoms with E-state index in [2.05, 4.69) is 50.0 Å². The second-order valence-corrected chi connectivity index (χ2v) is 10.6. The average molecular weight is 546 g/mol. The lowest BCUT2D eigenvalue weighted by Crippen LogP contribution is -2.38. The summed E-state index contributed by atoms with van der Waals surface area (Å²) in [5.74, 6) is 0.773. The van der Waals surface area contributed by atoms with Crippen LogP contribution in [0.2, 0.25) is 5.02 Å². The zero-order valence-electron chi connectivity index (χ0n) is 21.0. The number of anilines is 1. The van der Waals surface area contributed by atoms with E-state index in [9.17, 15) is 18.0 Å². The van der Waals surface area contributed by atoms with Crippen LogP contribution < -0.4 is 10.6 Å². The van der Waals surface area contributed by atoms with Crippen LogP contribution in [0.25, 0.3) is 0 Å². The third-order valence-corrected chi connectivity index (χ3v) is 7.87. The van der Waals surface area contributed by atoms with Crippen LogP contribution in [-0.4, -0.2) is 40.1 Å². The summed E-state index contributed by atoms with van der Waals surface area (Å²) in [6.45, 7) is 3.54. The Balaban J connectivity index is 1.10. The molecule has 38 heavy (non-hydrogen) atoms. The fraction of sp³-hybridized carbons (Fsp3) is 0.429.